The van der Waals surface area contributed by atoms with E-state index in [1.54, 1.807) is 31.7 Å². The number of rotatable bonds is 2. The summed E-state index contributed by atoms with van der Waals surface area (Å²) in [6.45, 7) is 0. The Balaban J connectivity index is 2.48. The lowest BCUT2D eigenvalue weighted by Crippen LogP contribution is -1.95. The molecule has 5 heteroatoms. The van der Waals surface area contributed by atoms with Crippen LogP contribution in [0.1, 0.15) is 10.5 Å². The summed E-state index contributed by atoms with van der Waals surface area (Å²) < 4.78 is 1.51. The third-order valence-electron chi connectivity index (χ3n) is 1.86. The van der Waals surface area contributed by atoms with Gasteiger partial charge in [0.15, 0.2) is 6.29 Å². The normalized spacial score (nSPS) is 10.1. The van der Waals surface area contributed by atoms with E-state index in [1.807, 2.05) is 0 Å². The minimum absolute atomic E-state index is 0.519. The molecule has 2 aromatic heterocycles. The van der Waals surface area contributed by atoms with Gasteiger partial charge in [0.1, 0.15) is 17.1 Å². The molecule has 2 rings (SSSR count). The van der Waals surface area contributed by atoms with Crippen LogP contribution in [-0.2, 0) is 7.05 Å². The van der Waals surface area contributed by atoms with E-state index in [9.17, 15) is 4.79 Å². The second-order valence-electron chi connectivity index (χ2n) is 2.79. The monoisotopic (exact) mass is 188 g/mol. The first-order chi connectivity index (χ1) is 6.81. The molecule has 0 aliphatic rings. The average Bonchev–Trinajstić information content (AvgIpc) is 2.61. The van der Waals surface area contributed by atoms with Gasteiger partial charge >= 0.3 is 0 Å². The summed E-state index contributed by atoms with van der Waals surface area (Å²) in [7, 11) is 1.71. The summed E-state index contributed by atoms with van der Waals surface area (Å²) in [5, 5.41) is 4.13. The SMILES string of the molecule is Cn1nc(-c2cnccn2)cc1C=O. The molecule has 0 aliphatic carbocycles. The summed E-state index contributed by atoms with van der Waals surface area (Å²) >= 11 is 0. The van der Waals surface area contributed by atoms with E-state index < -0.39 is 0 Å². The fourth-order valence-electron chi connectivity index (χ4n) is 1.15. The Kier molecular flexibility index (Phi) is 2.06. The Morgan fingerprint density at radius 1 is 1.36 bits per heavy atom. The van der Waals surface area contributed by atoms with E-state index >= 15 is 0 Å². The minimum Gasteiger partial charge on any atom is -0.296 e. The Morgan fingerprint density at radius 2 is 2.21 bits per heavy atom. The number of hydrogen-bond donors (Lipinski definition) is 0. The number of nitrogens with zero attached hydrogens (tertiary/aromatic N) is 4. The maximum Gasteiger partial charge on any atom is 0.168 e. The molecule has 0 radical (unpaired) electrons. The summed E-state index contributed by atoms with van der Waals surface area (Å²) in [6.07, 6.45) is 5.54. The summed E-state index contributed by atoms with van der Waals surface area (Å²) in [5.41, 5.74) is 1.84. The zero-order valence-corrected chi connectivity index (χ0v) is 7.58. The van der Waals surface area contributed by atoms with Gasteiger partial charge in [0.05, 0.1) is 6.20 Å². The second kappa shape index (κ2) is 3.37. The van der Waals surface area contributed by atoms with Crippen molar-refractivity contribution in [2.75, 3.05) is 0 Å². The third kappa shape index (κ3) is 1.39. The van der Waals surface area contributed by atoms with Gasteiger partial charge in [-0.3, -0.25) is 19.4 Å². The lowest BCUT2D eigenvalue weighted by Gasteiger charge is -1.91. The Morgan fingerprint density at radius 3 is 2.79 bits per heavy atom. The quantitative estimate of drug-likeness (QED) is 0.650. The van der Waals surface area contributed by atoms with E-state index in [0.717, 1.165) is 6.29 Å². The predicted molar refractivity (Wildman–Crippen MR) is 49.6 cm³/mol. The second-order valence-corrected chi connectivity index (χ2v) is 2.79. The highest BCUT2D eigenvalue weighted by Crippen LogP contribution is 2.13. The molecule has 0 unspecified atom stereocenters. The molecule has 70 valence electrons. The Labute approximate surface area is 80.4 Å². The van der Waals surface area contributed by atoms with Crippen LogP contribution in [0.25, 0.3) is 11.4 Å². The van der Waals surface area contributed by atoms with E-state index in [1.165, 1.54) is 4.68 Å². The molecule has 0 aromatic carbocycles. The third-order valence-corrected chi connectivity index (χ3v) is 1.86. The van der Waals surface area contributed by atoms with Crippen molar-refractivity contribution in [3.63, 3.8) is 0 Å². The van der Waals surface area contributed by atoms with Crippen LogP contribution in [0.2, 0.25) is 0 Å². The summed E-state index contributed by atoms with van der Waals surface area (Å²) in [4.78, 5) is 18.6. The van der Waals surface area contributed by atoms with Gasteiger partial charge in [0, 0.05) is 19.4 Å². The van der Waals surface area contributed by atoms with Crippen LogP contribution in [0.3, 0.4) is 0 Å². The van der Waals surface area contributed by atoms with Crippen LogP contribution >= 0.6 is 0 Å². The van der Waals surface area contributed by atoms with Crippen LogP contribution in [0.15, 0.2) is 24.7 Å². The van der Waals surface area contributed by atoms with Crippen molar-refractivity contribution in [3.05, 3.63) is 30.4 Å². The number of aromatic nitrogens is 4. The number of hydrogen-bond acceptors (Lipinski definition) is 4. The molecule has 2 aromatic rings. The number of carbonyl (C=O) groups is 1. The van der Waals surface area contributed by atoms with Gasteiger partial charge in [-0.15, -0.1) is 0 Å². The molecular weight excluding hydrogens is 180 g/mol. The zero-order valence-electron chi connectivity index (χ0n) is 7.58. The maximum absolute atomic E-state index is 10.6. The summed E-state index contributed by atoms with van der Waals surface area (Å²) in [5.74, 6) is 0. The topological polar surface area (TPSA) is 60.7 Å². The van der Waals surface area contributed by atoms with Crippen LogP contribution in [0.4, 0.5) is 0 Å². The molecule has 0 saturated heterocycles. The van der Waals surface area contributed by atoms with Gasteiger partial charge in [-0.1, -0.05) is 0 Å². The molecule has 14 heavy (non-hydrogen) atoms. The Bertz CT molecular complexity index is 449. The number of carbonyl (C=O) groups excluding carboxylic acids is 1. The molecule has 0 fully saturated rings. The molecular formula is C9H8N4O. The number of aryl methyl sites for hydroxylation is 1. The molecule has 0 atom stereocenters. The van der Waals surface area contributed by atoms with Gasteiger partial charge < -0.3 is 0 Å². The first kappa shape index (κ1) is 8.55. The van der Waals surface area contributed by atoms with Gasteiger partial charge in [-0.25, -0.2) is 0 Å². The molecule has 5 nitrogen and oxygen atoms in total. The minimum atomic E-state index is 0.519. The molecule has 0 bridgehead atoms. The highest BCUT2D eigenvalue weighted by Gasteiger charge is 2.06. The van der Waals surface area contributed by atoms with Gasteiger partial charge in [-0.2, -0.15) is 5.10 Å². The summed E-state index contributed by atoms with van der Waals surface area (Å²) in [6, 6.07) is 1.68. The first-order valence-electron chi connectivity index (χ1n) is 4.07. The largest absolute Gasteiger partial charge is 0.296 e. The van der Waals surface area contributed by atoms with Gasteiger partial charge in [0.2, 0.25) is 0 Å². The molecule has 0 saturated carbocycles. The van der Waals surface area contributed by atoms with Crippen molar-refractivity contribution in [3.8, 4) is 11.4 Å². The molecule has 2 heterocycles. The predicted octanol–water partition coefficient (Wildman–Crippen LogP) is 0.690. The van der Waals surface area contributed by atoms with Crippen molar-refractivity contribution >= 4 is 6.29 Å². The molecule has 0 N–H and O–H groups in total. The lowest BCUT2D eigenvalue weighted by molar-refractivity contribution is 0.111. The Hall–Kier alpha value is -2.04. The fourth-order valence-corrected chi connectivity index (χ4v) is 1.15. The van der Waals surface area contributed by atoms with Crippen LogP contribution in [0.5, 0.6) is 0 Å². The van der Waals surface area contributed by atoms with E-state index in [-0.39, 0.29) is 0 Å². The lowest BCUT2D eigenvalue weighted by atomic mass is 10.3. The van der Waals surface area contributed by atoms with E-state index in [4.69, 9.17) is 0 Å². The van der Waals surface area contributed by atoms with Crippen molar-refractivity contribution in [2.24, 2.45) is 7.05 Å². The molecule has 0 aliphatic heterocycles. The highest BCUT2D eigenvalue weighted by atomic mass is 16.1. The van der Waals surface area contributed by atoms with Crippen molar-refractivity contribution in [2.45, 2.75) is 0 Å². The van der Waals surface area contributed by atoms with Gasteiger partial charge in [0.25, 0.3) is 0 Å². The van der Waals surface area contributed by atoms with Gasteiger partial charge in [-0.05, 0) is 6.07 Å². The van der Waals surface area contributed by atoms with Crippen molar-refractivity contribution < 1.29 is 4.79 Å². The standard InChI is InChI=1S/C9H8N4O/c1-13-7(6-14)4-8(12-13)9-5-10-2-3-11-9/h2-6H,1H3. The molecule has 0 amide bonds. The molecule has 0 spiro atoms. The van der Waals surface area contributed by atoms with Crippen molar-refractivity contribution in [1.29, 1.82) is 0 Å². The van der Waals surface area contributed by atoms with Crippen LogP contribution < -0.4 is 0 Å². The maximum atomic E-state index is 10.6. The van der Waals surface area contributed by atoms with E-state index in [2.05, 4.69) is 15.1 Å². The van der Waals surface area contributed by atoms with Crippen molar-refractivity contribution in [1.82, 2.24) is 19.7 Å². The zero-order chi connectivity index (χ0) is 9.97. The number of aldehydes is 1. The smallest absolute Gasteiger partial charge is 0.168 e. The van der Waals surface area contributed by atoms with Crippen LogP contribution in [0, 0.1) is 0 Å². The fraction of sp³-hybridized carbons (Fsp3) is 0.111. The first-order valence-corrected chi connectivity index (χ1v) is 4.07. The average molecular weight is 188 g/mol. The van der Waals surface area contributed by atoms with E-state index in [0.29, 0.717) is 17.1 Å². The highest BCUT2D eigenvalue weighted by molar-refractivity contribution is 5.74. The van der Waals surface area contributed by atoms with Crippen LogP contribution in [-0.4, -0.2) is 26.0 Å².